The van der Waals surface area contributed by atoms with Gasteiger partial charge < -0.3 is 14.4 Å². The van der Waals surface area contributed by atoms with Gasteiger partial charge in [0.25, 0.3) is 0 Å². The van der Waals surface area contributed by atoms with Crippen LogP contribution in [-0.2, 0) is 31.5 Å². The number of carbonyl (C=O) groups excluding carboxylic acids is 2. The predicted molar refractivity (Wildman–Crippen MR) is 124 cm³/mol. The minimum absolute atomic E-state index is 0.104. The van der Waals surface area contributed by atoms with E-state index < -0.39 is 16.8 Å². The molecule has 166 valence electrons. The van der Waals surface area contributed by atoms with E-state index in [0.29, 0.717) is 16.3 Å². The van der Waals surface area contributed by atoms with Crippen LogP contribution in [0.3, 0.4) is 0 Å². The van der Waals surface area contributed by atoms with Crippen molar-refractivity contribution < 1.29 is 23.3 Å². The molecule has 0 N–H and O–H groups in total. The molecule has 0 fully saturated rings. The van der Waals surface area contributed by atoms with Crippen LogP contribution in [-0.4, -0.2) is 35.5 Å². The van der Waals surface area contributed by atoms with E-state index in [9.17, 15) is 13.8 Å². The maximum absolute atomic E-state index is 13.1. The minimum atomic E-state index is -1.13. The number of esters is 1. The number of hydrogen-bond acceptors (Lipinski definition) is 5. The molecule has 6 nitrogen and oxygen atoms in total. The molecule has 1 atom stereocenters. The second kappa shape index (κ2) is 11.2. The Balaban J connectivity index is 1.73. The van der Waals surface area contributed by atoms with E-state index in [2.05, 4.69) is 0 Å². The zero-order valence-corrected chi connectivity index (χ0v) is 18.8. The molecule has 0 spiro atoms. The van der Waals surface area contributed by atoms with Gasteiger partial charge in [-0.25, -0.2) is 0 Å². The highest BCUT2D eigenvalue weighted by Gasteiger charge is 2.20. The largest absolute Gasteiger partial charge is 0.465 e. The van der Waals surface area contributed by atoms with Gasteiger partial charge in [0.1, 0.15) is 18.0 Å². The van der Waals surface area contributed by atoms with Crippen LogP contribution in [0.2, 0.25) is 0 Å². The first kappa shape index (κ1) is 23.2. The molecule has 1 unspecified atom stereocenters. The Hall–Kier alpha value is -3.45. The Morgan fingerprint density at radius 2 is 1.50 bits per heavy atom. The molecular formula is C25H25NO5S. The summed E-state index contributed by atoms with van der Waals surface area (Å²) in [6.45, 7) is 1.75. The van der Waals surface area contributed by atoms with Crippen LogP contribution < -0.4 is 9.64 Å². The summed E-state index contributed by atoms with van der Waals surface area (Å²) in [6.07, 6.45) is 1.69. The average molecular weight is 452 g/mol. The minimum Gasteiger partial charge on any atom is -0.465 e. The molecule has 3 aromatic carbocycles. The Kier molecular flexibility index (Phi) is 8.16. The van der Waals surface area contributed by atoms with E-state index in [-0.39, 0.29) is 25.5 Å². The number of nitrogens with zero attached hydrogens (tertiary/aromatic N) is 1. The van der Waals surface area contributed by atoms with E-state index in [0.717, 1.165) is 11.3 Å². The highest BCUT2D eigenvalue weighted by molar-refractivity contribution is 7.84. The zero-order chi connectivity index (χ0) is 22.9. The van der Waals surface area contributed by atoms with Gasteiger partial charge >= 0.3 is 5.97 Å². The first-order valence-electron chi connectivity index (χ1n) is 10.2. The van der Waals surface area contributed by atoms with Crippen LogP contribution in [0, 0.1) is 0 Å². The highest BCUT2D eigenvalue weighted by atomic mass is 32.2. The summed E-state index contributed by atoms with van der Waals surface area (Å²) in [5, 5.41) is 0. The van der Waals surface area contributed by atoms with Crippen LogP contribution in [0.1, 0.15) is 12.5 Å². The highest BCUT2D eigenvalue weighted by Crippen LogP contribution is 2.22. The van der Waals surface area contributed by atoms with Crippen LogP contribution in [0.5, 0.6) is 11.5 Å². The van der Waals surface area contributed by atoms with Crippen molar-refractivity contribution in [3.8, 4) is 11.5 Å². The molecule has 32 heavy (non-hydrogen) atoms. The van der Waals surface area contributed by atoms with E-state index in [1.54, 1.807) is 49.6 Å². The summed E-state index contributed by atoms with van der Waals surface area (Å²) in [6, 6.07) is 23.4. The maximum Gasteiger partial charge on any atom is 0.326 e. The summed E-state index contributed by atoms with van der Waals surface area (Å²) >= 11 is 0. The average Bonchev–Trinajstić information content (AvgIpc) is 2.80. The van der Waals surface area contributed by atoms with Crippen LogP contribution in [0.4, 0.5) is 5.69 Å². The van der Waals surface area contributed by atoms with E-state index in [4.69, 9.17) is 9.47 Å². The van der Waals surface area contributed by atoms with Crippen LogP contribution in [0.25, 0.3) is 0 Å². The van der Waals surface area contributed by atoms with Gasteiger partial charge in [-0.1, -0.05) is 30.3 Å². The van der Waals surface area contributed by atoms with Gasteiger partial charge in [0.15, 0.2) is 0 Å². The lowest BCUT2D eigenvalue weighted by atomic mass is 10.1. The van der Waals surface area contributed by atoms with Crippen molar-refractivity contribution in [3.63, 3.8) is 0 Å². The third-order valence-corrected chi connectivity index (χ3v) is 5.57. The molecule has 0 heterocycles. The fraction of sp³-hybridized carbons (Fsp3) is 0.200. The van der Waals surface area contributed by atoms with E-state index in [1.165, 1.54) is 4.90 Å². The molecule has 1 amide bonds. The van der Waals surface area contributed by atoms with Gasteiger partial charge in [0.05, 0.1) is 13.0 Å². The van der Waals surface area contributed by atoms with E-state index >= 15 is 0 Å². The van der Waals surface area contributed by atoms with Crippen molar-refractivity contribution in [1.82, 2.24) is 0 Å². The lowest BCUT2D eigenvalue weighted by Crippen LogP contribution is -2.37. The van der Waals surface area contributed by atoms with Crippen molar-refractivity contribution >= 4 is 28.4 Å². The lowest BCUT2D eigenvalue weighted by Gasteiger charge is -2.22. The molecule has 3 rings (SSSR count). The molecule has 0 aromatic heterocycles. The topological polar surface area (TPSA) is 72.9 Å². The third kappa shape index (κ3) is 6.52. The molecule has 0 saturated carbocycles. The van der Waals surface area contributed by atoms with Gasteiger partial charge in [0.2, 0.25) is 5.91 Å². The molecule has 0 bridgehead atoms. The Labute approximate surface area is 190 Å². The predicted octanol–water partition coefficient (Wildman–Crippen LogP) is 4.36. The zero-order valence-electron chi connectivity index (χ0n) is 18.0. The van der Waals surface area contributed by atoms with Gasteiger partial charge in [-0.2, -0.15) is 0 Å². The number of ether oxygens (including phenoxy) is 2. The number of amides is 1. The molecule has 3 aromatic rings. The third-order valence-electron chi connectivity index (χ3n) is 4.63. The number of rotatable bonds is 9. The number of para-hydroxylation sites is 1. The second-order valence-corrected chi connectivity index (χ2v) is 8.35. The molecule has 0 aliphatic carbocycles. The quantitative estimate of drug-likeness (QED) is 0.452. The number of carbonyl (C=O) groups is 2. The fourth-order valence-electron chi connectivity index (χ4n) is 3.05. The van der Waals surface area contributed by atoms with Crippen molar-refractivity contribution in [2.24, 2.45) is 0 Å². The van der Waals surface area contributed by atoms with Gasteiger partial charge in [-0.15, -0.1) is 0 Å². The van der Waals surface area contributed by atoms with Crippen molar-refractivity contribution in [1.29, 1.82) is 0 Å². The summed E-state index contributed by atoms with van der Waals surface area (Å²) in [4.78, 5) is 27.2. The first-order valence-corrected chi connectivity index (χ1v) is 11.7. The Morgan fingerprint density at radius 1 is 0.875 bits per heavy atom. The molecular weight excluding hydrogens is 426 g/mol. The van der Waals surface area contributed by atoms with E-state index in [1.807, 2.05) is 42.5 Å². The molecule has 0 saturated heterocycles. The van der Waals surface area contributed by atoms with Crippen LogP contribution >= 0.6 is 0 Å². The van der Waals surface area contributed by atoms with Crippen molar-refractivity contribution in [3.05, 3.63) is 84.4 Å². The first-order chi connectivity index (χ1) is 15.5. The molecule has 0 radical (unpaired) electrons. The fourth-order valence-corrected chi connectivity index (χ4v) is 3.57. The molecule has 0 aliphatic heterocycles. The summed E-state index contributed by atoms with van der Waals surface area (Å²) in [7, 11) is -1.13. The number of benzene rings is 3. The molecule has 7 heteroatoms. The van der Waals surface area contributed by atoms with Gasteiger partial charge in [0, 0.05) is 27.6 Å². The Morgan fingerprint density at radius 3 is 2.09 bits per heavy atom. The summed E-state index contributed by atoms with van der Waals surface area (Å²) in [5.74, 6) is 0.656. The van der Waals surface area contributed by atoms with Gasteiger partial charge in [-0.05, 0) is 61.0 Å². The Bertz CT molecular complexity index is 1070. The maximum atomic E-state index is 13.1. The van der Waals surface area contributed by atoms with Gasteiger partial charge in [-0.3, -0.25) is 13.8 Å². The van der Waals surface area contributed by atoms with Crippen LogP contribution in [0.15, 0.2) is 83.8 Å². The second-order valence-electron chi connectivity index (χ2n) is 6.97. The normalized spacial score (nSPS) is 11.4. The lowest BCUT2D eigenvalue weighted by molar-refractivity contribution is -0.142. The van der Waals surface area contributed by atoms with Crippen molar-refractivity contribution in [2.75, 3.05) is 24.3 Å². The summed E-state index contributed by atoms with van der Waals surface area (Å²) < 4.78 is 22.5. The summed E-state index contributed by atoms with van der Waals surface area (Å²) in [5.41, 5.74) is 1.33. The smallest absolute Gasteiger partial charge is 0.326 e. The SMILES string of the molecule is CCOC(=O)CN(C(=O)Cc1ccc(Oc2ccccc2)cc1)c1ccc(S(C)=O)cc1. The molecule has 0 aliphatic rings. The standard InChI is InChI=1S/C25H25NO5S/c1-3-30-25(28)18-26(20-11-15-23(16-12-20)32(2)29)24(27)17-19-9-13-22(14-10-19)31-21-7-5-4-6-8-21/h4-16H,3,17-18H2,1-2H3. The monoisotopic (exact) mass is 451 g/mol. The van der Waals surface area contributed by atoms with Crippen molar-refractivity contribution in [2.45, 2.75) is 18.2 Å². The number of hydrogen-bond donors (Lipinski definition) is 0. The number of anilines is 1.